The molecule has 96 valence electrons. The second kappa shape index (κ2) is 5.22. The molecular formula is C10H8BrNO3S3. The molecule has 0 saturated carbocycles. The first-order chi connectivity index (χ1) is 8.38. The molecule has 2 aromatic rings. The Morgan fingerprint density at radius 3 is 2.22 bits per heavy atom. The number of primary sulfonamides is 1. The van der Waals surface area contributed by atoms with Crippen molar-refractivity contribution < 1.29 is 12.6 Å². The van der Waals surface area contributed by atoms with Crippen LogP contribution in [-0.4, -0.2) is 12.6 Å². The van der Waals surface area contributed by atoms with E-state index in [1.807, 2.05) is 0 Å². The fraction of sp³-hybridized carbons (Fsp3) is 0. The summed E-state index contributed by atoms with van der Waals surface area (Å²) in [5.41, 5.74) is 0. The molecule has 0 radical (unpaired) electrons. The van der Waals surface area contributed by atoms with Crippen LogP contribution in [0.3, 0.4) is 0 Å². The number of hydrogen-bond donors (Lipinski definition) is 1. The Labute approximate surface area is 119 Å². The Bertz CT molecular complexity index is 691. The van der Waals surface area contributed by atoms with Crippen molar-refractivity contribution >= 4 is 48.1 Å². The molecule has 0 aliphatic carbocycles. The molecule has 2 rings (SSSR count). The maximum atomic E-state index is 12.2. The molecule has 18 heavy (non-hydrogen) atoms. The predicted molar refractivity (Wildman–Crippen MR) is 74.5 cm³/mol. The summed E-state index contributed by atoms with van der Waals surface area (Å²) < 4.78 is 35.8. The van der Waals surface area contributed by atoms with Crippen molar-refractivity contribution in [3.8, 4) is 0 Å². The van der Waals surface area contributed by atoms with E-state index in [4.69, 9.17) is 5.14 Å². The molecule has 1 heterocycles. The fourth-order valence-electron chi connectivity index (χ4n) is 1.23. The molecule has 0 fully saturated rings. The minimum atomic E-state index is -3.73. The maximum Gasteiger partial charge on any atom is 0.247 e. The summed E-state index contributed by atoms with van der Waals surface area (Å²) in [6, 6.07) is 9.88. The molecule has 4 nitrogen and oxygen atoms in total. The number of hydrogen-bond acceptors (Lipinski definition) is 4. The monoisotopic (exact) mass is 365 g/mol. The molecule has 0 amide bonds. The van der Waals surface area contributed by atoms with E-state index in [1.165, 1.54) is 12.1 Å². The molecule has 0 saturated heterocycles. The highest BCUT2D eigenvalue weighted by atomic mass is 79.9. The fourth-order valence-corrected chi connectivity index (χ4v) is 4.78. The molecule has 1 atom stereocenters. The van der Waals surface area contributed by atoms with Gasteiger partial charge in [-0.3, -0.25) is 0 Å². The number of nitrogens with two attached hydrogens (primary N) is 1. The molecular weight excluding hydrogens is 358 g/mol. The van der Waals surface area contributed by atoms with Gasteiger partial charge in [-0.2, -0.15) is 0 Å². The second-order valence-corrected chi connectivity index (χ2v) is 8.84. The molecule has 2 N–H and O–H groups in total. The van der Waals surface area contributed by atoms with Gasteiger partial charge in [-0.25, -0.2) is 17.8 Å². The zero-order valence-corrected chi connectivity index (χ0v) is 12.9. The summed E-state index contributed by atoms with van der Waals surface area (Å²) in [5.74, 6) is 0. The normalized spacial score (nSPS) is 13.4. The minimum absolute atomic E-state index is 0.0166. The lowest BCUT2D eigenvalue weighted by Crippen LogP contribution is -2.09. The van der Waals surface area contributed by atoms with Crippen molar-refractivity contribution in [2.45, 2.75) is 13.3 Å². The summed E-state index contributed by atoms with van der Waals surface area (Å²) in [4.78, 5) is 0.612. The maximum absolute atomic E-state index is 12.2. The number of rotatable bonds is 3. The van der Waals surface area contributed by atoms with Gasteiger partial charge in [0, 0.05) is 9.37 Å². The third kappa shape index (κ3) is 3.07. The van der Waals surface area contributed by atoms with Gasteiger partial charge in [0.25, 0.3) is 0 Å². The van der Waals surface area contributed by atoms with E-state index >= 15 is 0 Å². The first-order valence-corrected chi connectivity index (χ1v) is 8.98. The van der Waals surface area contributed by atoms with E-state index in [1.54, 1.807) is 24.3 Å². The summed E-state index contributed by atoms with van der Waals surface area (Å²) in [7, 11) is -5.12. The van der Waals surface area contributed by atoms with Crippen LogP contribution in [0.5, 0.6) is 0 Å². The molecule has 0 bridgehead atoms. The van der Waals surface area contributed by atoms with Gasteiger partial charge >= 0.3 is 0 Å². The summed E-state index contributed by atoms with van der Waals surface area (Å²) in [6.07, 6.45) is 0. The van der Waals surface area contributed by atoms with Crippen molar-refractivity contribution in [3.05, 3.63) is 40.9 Å². The number of halogens is 1. The number of sulfonamides is 1. The van der Waals surface area contributed by atoms with Crippen LogP contribution in [0.15, 0.2) is 54.2 Å². The summed E-state index contributed by atoms with van der Waals surface area (Å²) in [5, 5.41) is 5.01. The quantitative estimate of drug-likeness (QED) is 0.906. The van der Waals surface area contributed by atoms with Gasteiger partial charge in [0.1, 0.15) is 4.21 Å². The van der Waals surface area contributed by atoms with Gasteiger partial charge in [-0.15, -0.1) is 11.3 Å². The Kier molecular flexibility index (Phi) is 4.02. The van der Waals surface area contributed by atoms with Gasteiger partial charge in [-0.1, -0.05) is 15.9 Å². The smallest absolute Gasteiger partial charge is 0.247 e. The molecule has 0 aliphatic heterocycles. The van der Waals surface area contributed by atoms with Crippen LogP contribution in [-0.2, 0) is 20.8 Å². The van der Waals surface area contributed by atoms with Gasteiger partial charge in [-0.05, 0) is 36.4 Å². The zero-order valence-electron chi connectivity index (χ0n) is 8.87. The van der Waals surface area contributed by atoms with E-state index in [0.29, 0.717) is 9.10 Å². The number of benzene rings is 1. The van der Waals surface area contributed by atoms with E-state index in [0.717, 1.165) is 15.8 Å². The number of thiophene rings is 1. The second-order valence-electron chi connectivity index (χ2n) is 3.34. The first-order valence-electron chi connectivity index (χ1n) is 4.68. The van der Waals surface area contributed by atoms with Crippen molar-refractivity contribution in [1.29, 1.82) is 0 Å². The first kappa shape index (κ1) is 13.9. The Morgan fingerprint density at radius 2 is 1.72 bits per heavy atom. The van der Waals surface area contributed by atoms with E-state index in [9.17, 15) is 12.6 Å². The average Bonchev–Trinajstić information content (AvgIpc) is 2.78. The standard InChI is InChI=1S/C10H8BrNO3S3/c11-7-1-3-8(4-2-7)17(13)9-5-6-10(16-9)18(12,14)15/h1-6H,(H2,12,14,15). The van der Waals surface area contributed by atoms with E-state index < -0.39 is 20.8 Å². The summed E-state index contributed by atoms with van der Waals surface area (Å²) in [6.45, 7) is 0. The summed E-state index contributed by atoms with van der Waals surface area (Å²) >= 11 is 4.21. The molecule has 0 spiro atoms. The molecule has 1 aromatic carbocycles. The van der Waals surface area contributed by atoms with Crippen LogP contribution < -0.4 is 5.14 Å². The highest BCUT2D eigenvalue weighted by Gasteiger charge is 2.15. The highest BCUT2D eigenvalue weighted by molar-refractivity contribution is 9.10. The largest absolute Gasteiger partial charge is 0.248 e. The average molecular weight is 366 g/mol. The van der Waals surface area contributed by atoms with Crippen LogP contribution in [0.25, 0.3) is 0 Å². The zero-order chi connectivity index (χ0) is 13.3. The topological polar surface area (TPSA) is 77.2 Å². The molecule has 8 heteroatoms. The van der Waals surface area contributed by atoms with E-state index in [2.05, 4.69) is 15.9 Å². The molecule has 0 aliphatic rings. The van der Waals surface area contributed by atoms with Gasteiger partial charge in [0.2, 0.25) is 10.0 Å². The lowest BCUT2D eigenvalue weighted by Gasteiger charge is -1.99. The van der Waals surface area contributed by atoms with E-state index in [-0.39, 0.29) is 4.21 Å². The van der Waals surface area contributed by atoms with Crippen LogP contribution in [0, 0.1) is 0 Å². The third-order valence-electron chi connectivity index (χ3n) is 2.05. The lowest BCUT2D eigenvalue weighted by molar-refractivity contribution is 0.600. The predicted octanol–water partition coefficient (Wildman–Crippen LogP) is 2.32. The SMILES string of the molecule is NS(=O)(=O)c1ccc(S(=O)c2ccc(Br)cc2)s1. The lowest BCUT2D eigenvalue weighted by atomic mass is 10.4. The van der Waals surface area contributed by atoms with Crippen LogP contribution >= 0.6 is 27.3 Å². The minimum Gasteiger partial charge on any atom is -0.248 e. The molecule has 1 aromatic heterocycles. The third-order valence-corrected chi connectivity index (χ3v) is 6.80. The van der Waals surface area contributed by atoms with Crippen molar-refractivity contribution in [1.82, 2.24) is 0 Å². The molecule has 1 unspecified atom stereocenters. The van der Waals surface area contributed by atoms with Gasteiger partial charge < -0.3 is 0 Å². The van der Waals surface area contributed by atoms with Crippen LogP contribution in [0.4, 0.5) is 0 Å². The highest BCUT2D eigenvalue weighted by Crippen LogP contribution is 2.27. The van der Waals surface area contributed by atoms with Crippen molar-refractivity contribution in [3.63, 3.8) is 0 Å². The van der Waals surface area contributed by atoms with Crippen molar-refractivity contribution in [2.75, 3.05) is 0 Å². The van der Waals surface area contributed by atoms with Crippen molar-refractivity contribution in [2.24, 2.45) is 5.14 Å². The Balaban J connectivity index is 2.35. The van der Waals surface area contributed by atoms with Gasteiger partial charge in [0.15, 0.2) is 0 Å². The Morgan fingerprint density at radius 1 is 1.11 bits per heavy atom. The Hall–Kier alpha value is -0.540. The van der Waals surface area contributed by atoms with Crippen LogP contribution in [0.2, 0.25) is 0 Å². The van der Waals surface area contributed by atoms with Crippen LogP contribution in [0.1, 0.15) is 0 Å². The van der Waals surface area contributed by atoms with Gasteiger partial charge in [0.05, 0.1) is 15.0 Å².